The predicted molar refractivity (Wildman–Crippen MR) is 115 cm³/mol. The highest BCUT2D eigenvalue weighted by atomic mass is 127. The standard InChI is InChI=1S/C17H30N4O2S.HI/c1-6-7-12-19-17(18-4)20-13-15-8-10-16(11-9-15)24(22,23)21(5)14(2)3;/h8-11,14H,6-7,12-13H2,1-5H3,(H2,18,19,20);1H. The van der Waals surface area contributed by atoms with Crippen LogP contribution in [-0.2, 0) is 16.6 Å². The zero-order valence-electron chi connectivity index (χ0n) is 15.7. The summed E-state index contributed by atoms with van der Waals surface area (Å²) in [6.45, 7) is 7.32. The van der Waals surface area contributed by atoms with Crippen LogP contribution < -0.4 is 10.6 Å². The Morgan fingerprint density at radius 2 is 1.80 bits per heavy atom. The molecule has 0 radical (unpaired) electrons. The van der Waals surface area contributed by atoms with E-state index in [1.54, 1.807) is 26.2 Å². The first-order chi connectivity index (χ1) is 11.3. The molecule has 8 heteroatoms. The Kier molecular flexibility index (Phi) is 11.3. The van der Waals surface area contributed by atoms with E-state index in [0.29, 0.717) is 11.4 Å². The van der Waals surface area contributed by atoms with Crippen LogP contribution in [0.4, 0.5) is 0 Å². The zero-order chi connectivity index (χ0) is 18.2. The Labute approximate surface area is 169 Å². The summed E-state index contributed by atoms with van der Waals surface area (Å²) in [6, 6.07) is 6.88. The summed E-state index contributed by atoms with van der Waals surface area (Å²) in [5.74, 6) is 0.750. The largest absolute Gasteiger partial charge is 0.356 e. The van der Waals surface area contributed by atoms with Gasteiger partial charge in [-0.2, -0.15) is 4.31 Å². The van der Waals surface area contributed by atoms with Gasteiger partial charge < -0.3 is 10.6 Å². The first-order valence-electron chi connectivity index (χ1n) is 8.34. The Bertz CT molecular complexity index is 631. The quantitative estimate of drug-likeness (QED) is 0.259. The van der Waals surface area contributed by atoms with E-state index in [2.05, 4.69) is 22.5 Å². The van der Waals surface area contributed by atoms with Gasteiger partial charge in [-0.15, -0.1) is 24.0 Å². The predicted octanol–water partition coefficient (Wildman–Crippen LogP) is 2.80. The van der Waals surface area contributed by atoms with Crippen molar-refractivity contribution in [1.29, 1.82) is 0 Å². The molecule has 0 unspecified atom stereocenters. The fourth-order valence-electron chi connectivity index (χ4n) is 2.01. The van der Waals surface area contributed by atoms with Crippen LogP contribution in [0.5, 0.6) is 0 Å². The van der Waals surface area contributed by atoms with Crippen molar-refractivity contribution in [2.45, 2.75) is 51.1 Å². The highest BCUT2D eigenvalue weighted by molar-refractivity contribution is 14.0. The number of benzene rings is 1. The van der Waals surface area contributed by atoms with Crippen LogP contribution in [0.1, 0.15) is 39.2 Å². The molecule has 2 N–H and O–H groups in total. The normalized spacial score (nSPS) is 12.2. The minimum absolute atomic E-state index is 0. The summed E-state index contributed by atoms with van der Waals surface area (Å²) in [5.41, 5.74) is 1.000. The lowest BCUT2D eigenvalue weighted by molar-refractivity contribution is 0.410. The second-order valence-electron chi connectivity index (χ2n) is 5.97. The number of sulfonamides is 1. The van der Waals surface area contributed by atoms with Gasteiger partial charge in [-0.3, -0.25) is 4.99 Å². The van der Waals surface area contributed by atoms with Gasteiger partial charge in [0.25, 0.3) is 0 Å². The number of nitrogens with one attached hydrogen (secondary N) is 2. The van der Waals surface area contributed by atoms with Gasteiger partial charge in [0.15, 0.2) is 5.96 Å². The van der Waals surface area contributed by atoms with E-state index in [4.69, 9.17) is 0 Å². The number of hydrogen-bond acceptors (Lipinski definition) is 3. The van der Waals surface area contributed by atoms with Crippen LogP contribution >= 0.6 is 24.0 Å². The molecule has 0 fully saturated rings. The van der Waals surface area contributed by atoms with Gasteiger partial charge in [-0.05, 0) is 38.0 Å². The topological polar surface area (TPSA) is 73.8 Å². The molecule has 1 aromatic rings. The summed E-state index contributed by atoms with van der Waals surface area (Å²) in [5, 5.41) is 6.46. The van der Waals surface area contributed by atoms with Gasteiger partial charge in [-0.1, -0.05) is 25.5 Å². The lowest BCUT2D eigenvalue weighted by atomic mass is 10.2. The van der Waals surface area contributed by atoms with Crippen molar-refractivity contribution in [2.24, 2.45) is 4.99 Å². The Morgan fingerprint density at radius 3 is 2.28 bits per heavy atom. The Hall–Kier alpha value is -0.870. The maximum atomic E-state index is 12.4. The molecule has 0 saturated carbocycles. The molecule has 0 aliphatic carbocycles. The molecule has 25 heavy (non-hydrogen) atoms. The monoisotopic (exact) mass is 482 g/mol. The van der Waals surface area contributed by atoms with Crippen LogP contribution in [0.3, 0.4) is 0 Å². The van der Waals surface area contributed by atoms with Crippen LogP contribution in [0, 0.1) is 0 Å². The third-order valence-corrected chi connectivity index (χ3v) is 5.88. The first-order valence-corrected chi connectivity index (χ1v) is 9.78. The lowest BCUT2D eigenvalue weighted by Gasteiger charge is -2.21. The Balaban J connectivity index is 0.00000576. The van der Waals surface area contributed by atoms with E-state index in [-0.39, 0.29) is 30.0 Å². The molecule has 0 bridgehead atoms. The summed E-state index contributed by atoms with van der Waals surface area (Å²) in [6.07, 6.45) is 2.22. The van der Waals surface area contributed by atoms with E-state index in [1.807, 2.05) is 26.0 Å². The SMILES string of the molecule is CCCCNC(=NC)NCc1ccc(S(=O)(=O)N(C)C(C)C)cc1.I. The lowest BCUT2D eigenvalue weighted by Crippen LogP contribution is -2.37. The number of hydrogen-bond donors (Lipinski definition) is 2. The van der Waals surface area contributed by atoms with E-state index in [0.717, 1.165) is 30.9 Å². The molecule has 0 saturated heterocycles. The molecule has 1 rings (SSSR count). The van der Waals surface area contributed by atoms with Crippen molar-refractivity contribution in [3.8, 4) is 0 Å². The molecular formula is C17H31IN4O2S. The van der Waals surface area contributed by atoms with E-state index in [9.17, 15) is 8.42 Å². The smallest absolute Gasteiger partial charge is 0.243 e. The summed E-state index contributed by atoms with van der Waals surface area (Å²) in [4.78, 5) is 4.48. The van der Waals surface area contributed by atoms with Crippen LogP contribution in [0.2, 0.25) is 0 Å². The average molecular weight is 482 g/mol. The summed E-state index contributed by atoms with van der Waals surface area (Å²) in [7, 11) is -0.0956. The zero-order valence-corrected chi connectivity index (χ0v) is 18.9. The molecule has 1 aromatic carbocycles. The van der Waals surface area contributed by atoms with E-state index < -0.39 is 10.0 Å². The van der Waals surface area contributed by atoms with Gasteiger partial charge >= 0.3 is 0 Å². The highest BCUT2D eigenvalue weighted by Gasteiger charge is 2.22. The summed E-state index contributed by atoms with van der Waals surface area (Å²) < 4.78 is 26.2. The third kappa shape index (κ3) is 7.49. The molecule has 144 valence electrons. The molecule has 0 aliphatic rings. The van der Waals surface area contributed by atoms with E-state index >= 15 is 0 Å². The average Bonchev–Trinajstić information content (AvgIpc) is 2.57. The van der Waals surface area contributed by atoms with Crippen LogP contribution in [0.25, 0.3) is 0 Å². The molecular weight excluding hydrogens is 451 g/mol. The van der Waals surface area contributed by atoms with Crippen molar-refractivity contribution in [2.75, 3.05) is 20.6 Å². The number of rotatable bonds is 8. The Morgan fingerprint density at radius 1 is 1.20 bits per heavy atom. The molecule has 0 aliphatic heterocycles. The van der Waals surface area contributed by atoms with Crippen LogP contribution in [-0.4, -0.2) is 45.4 Å². The van der Waals surface area contributed by atoms with Gasteiger partial charge in [0.2, 0.25) is 10.0 Å². The summed E-state index contributed by atoms with van der Waals surface area (Å²) >= 11 is 0. The maximum absolute atomic E-state index is 12.4. The molecule has 6 nitrogen and oxygen atoms in total. The molecule has 0 atom stereocenters. The van der Waals surface area contributed by atoms with E-state index in [1.165, 1.54) is 4.31 Å². The second-order valence-corrected chi connectivity index (χ2v) is 7.96. The number of unbranched alkanes of at least 4 members (excludes halogenated alkanes) is 1. The van der Waals surface area contributed by atoms with Gasteiger partial charge in [-0.25, -0.2) is 8.42 Å². The van der Waals surface area contributed by atoms with Gasteiger partial charge in [0, 0.05) is 33.2 Å². The fraction of sp³-hybridized carbons (Fsp3) is 0.588. The molecule has 0 spiro atoms. The molecule has 0 amide bonds. The number of guanidine groups is 1. The minimum Gasteiger partial charge on any atom is -0.356 e. The van der Waals surface area contributed by atoms with Crippen molar-refractivity contribution in [3.63, 3.8) is 0 Å². The number of halogens is 1. The van der Waals surface area contributed by atoms with Crippen molar-refractivity contribution in [1.82, 2.24) is 14.9 Å². The first kappa shape index (κ1) is 24.1. The minimum atomic E-state index is -3.43. The second kappa shape index (κ2) is 11.7. The molecule has 0 heterocycles. The molecule has 0 aromatic heterocycles. The highest BCUT2D eigenvalue weighted by Crippen LogP contribution is 2.17. The fourth-order valence-corrected chi connectivity index (χ4v) is 3.38. The number of aliphatic imine (C=N–C) groups is 1. The van der Waals surface area contributed by atoms with Crippen molar-refractivity contribution >= 4 is 40.0 Å². The third-order valence-electron chi connectivity index (χ3n) is 3.83. The maximum Gasteiger partial charge on any atom is 0.243 e. The van der Waals surface area contributed by atoms with Crippen molar-refractivity contribution < 1.29 is 8.42 Å². The number of nitrogens with zero attached hydrogens (tertiary/aromatic N) is 2. The van der Waals surface area contributed by atoms with Crippen molar-refractivity contribution in [3.05, 3.63) is 29.8 Å². The van der Waals surface area contributed by atoms with Crippen LogP contribution in [0.15, 0.2) is 34.2 Å². The van der Waals surface area contributed by atoms with Gasteiger partial charge in [0.1, 0.15) is 0 Å². The van der Waals surface area contributed by atoms with Gasteiger partial charge in [0.05, 0.1) is 4.90 Å².